The number of piperazine rings is 1. The Labute approximate surface area is 192 Å². The molecule has 3 aromatic rings. The quantitative estimate of drug-likeness (QED) is 0.547. The van der Waals surface area contributed by atoms with Crippen molar-refractivity contribution < 1.29 is 22.4 Å². The summed E-state index contributed by atoms with van der Waals surface area (Å²) in [6.07, 6.45) is -1.25. The normalized spacial score (nSPS) is 15.0. The monoisotopic (exact) mass is 481 g/mol. The molecule has 1 aliphatic heterocycles. The predicted octanol–water partition coefficient (Wildman–Crippen LogP) is 4.44. The van der Waals surface area contributed by atoms with E-state index in [0.29, 0.717) is 37.8 Å². The first-order valence-electron chi connectivity index (χ1n) is 10.1. The molecule has 2 heterocycles. The highest BCUT2D eigenvalue weighted by atomic mass is 35.5. The van der Waals surface area contributed by atoms with Crippen molar-refractivity contribution in [1.82, 2.24) is 14.5 Å². The molecule has 1 saturated heterocycles. The van der Waals surface area contributed by atoms with Crippen molar-refractivity contribution >= 4 is 29.1 Å². The minimum Gasteiger partial charge on any atom is -0.339 e. The first-order chi connectivity index (χ1) is 15.7. The number of imidazole rings is 1. The van der Waals surface area contributed by atoms with Gasteiger partial charge in [0, 0.05) is 38.6 Å². The second kappa shape index (κ2) is 9.40. The molecule has 11 heteroatoms. The lowest BCUT2D eigenvalue weighted by molar-refractivity contribution is -0.137. The summed E-state index contributed by atoms with van der Waals surface area (Å²) < 4.78 is 54.7. The van der Waals surface area contributed by atoms with Crippen LogP contribution < -0.4 is 10.2 Å². The van der Waals surface area contributed by atoms with E-state index in [-0.39, 0.29) is 23.1 Å². The second-order valence-corrected chi connectivity index (χ2v) is 7.96. The maximum Gasteiger partial charge on any atom is 0.416 e. The number of carbonyl (C=O) groups is 1. The number of halogens is 5. The maximum atomic E-state index is 14.2. The zero-order chi connectivity index (χ0) is 23.6. The van der Waals surface area contributed by atoms with Gasteiger partial charge >= 0.3 is 6.18 Å². The molecule has 0 atom stereocenters. The summed E-state index contributed by atoms with van der Waals surface area (Å²) in [5.74, 6) is -0.224. The fourth-order valence-electron chi connectivity index (χ4n) is 3.66. The highest BCUT2D eigenvalue weighted by molar-refractivity contribution is 6.33. The summed E-state index contributed by atoms with van der Waals surface area (Å²) in [5.41, 5.74) is -0.576. The second-order valence-electron chi connectivity index (χ2n) is 7.55. The Morgan fingerprint density at radius 3 is 2.52 bits per heavy atom. The molecule has 0 radical (unpaired) electrons. The molecule has 33 heavy (non-hydrogen) atoms. The van der Waals surface area contributed by atoms with Gasteiger partial charge in [-0.1, -0.05) is 23.7 Å². The molecule has 1 N–H and O–H groups in total. The maximum absolute atomic E-state index is 14.2. The van der Waals surface area contributed by atoms with Gasteiger partial charge in [-0.15, -0.1) is 0 Å². The van der Waals surface area contributed by atoms with Gasteiger partial charge in [0.05, 0.1) is 28.5 Å². The molecule has 1 fully saturated rings. The minimum absolute atomic E-state index is 0.00215. The average Bonchev–Trinajstić information content (AvgIpc) is 3.25. The standard InChI is InChI=1S/C22H20ClF4N5O/c23-16-6-5-15(22(25,26)27)13-18(16)29-20(33)14-30-9-11-31(12-10-30)21-28-7-8-32(21)19-4-2-1-3-17(19)24/h1-8,13H,9-12,14H2,(H,29,33). The summed E-state index contributed by atoms with van der Waals surface area (Å²) in [6.45, 7) is 2.13. The van der Waals surface area contributed by atoms with Crippen LogP contribution in [0, 0.1) is 5.82 Å². The number of hydrogen-bond donors (Lipinski definition) is 1. The molecule has 0 spiro atoms. The van der Waals surface area contributed by atoms with Crippen LogP contribution in [0.4, 0.5) is 29.2 Å². The van der Waals surface area contributed by atoms with E-state index in [9.17, 15) is 22.4 Å². The lowest BCUT2D eigenvalue weighted by Gasteiger charge is -2.35. The Kier molecular flexibility index (Phi) is 6.57. The summed E-state index contributed by atoms with van der Waals surface area (Å²) in [4.78, 5) is 20.6. The number of nitrogens with one attached hydrogen (secondary N) is 1. The zero-order valence-corrected chi connectivity index (χ0v) is 18.1. The molecule has 0 bridgehead atoms. The van der Waals surface area contributed by atoms with E-state index in [2.05, 4.69) is 10.3 Å². The van der Waals surface area contributed by atoms with Crippen molar-refractivity contribution in [2.45, 2.75) is 6.18 Å². The topological polar surface area (TPSA) is 53.4 Å². The highest BCUT2D eigenvalue weighted by Crippen LogP contribution is 2.33. The van der Waals surface area contributed by atoms with E-state index in [1.54, 1.807) is 35.2 Å². The van der Waals surface area contributed by atoms with Crippen LogP contribution in [0.5, 0.6) is 0 Å². The number of rotatable bonds is 5. The molecule has 0 unspecified atom stereocenters. The lowest BCUT2D eigenvalue weighted by Crippen LogP contribution is -2.49. The number of alkyl halides is 3. The molecule has 1 amide bonds. The van der Waals surface area contributed by atoms with E-state index in [1.165, 1.54) is 6.07 Å². The number of carbonyl (C=O) groups excluding carboxylic acids is 1. The SMILES string of the molecule is O=C(CN1CCN(c2nccn2-c2ccccc2F)CC1)Nc1cc(C(F)(F)F)ccc1Cl. The number of hydrogen-bond acceptors (Lipinski definition) is 4. The van der Waals surface area contributed by atoms with Gasteiger partial charge in [-0.05, 0) is 30.3 Å². The fourth-order valence-corrected chi connectivity index (χ4v) is 3.83. The largest absolute Gasteiger partial charge is 0.416 e. The van der Waals surface area contributed by atoms with Gasteiger partial charge < -0.3 is 10.2 Å². The molecule has 0 aliphatic carbocycles. The molecular formula is C22H20ClF4N5O. The number of aromatic nitrogens is 2. The van der Waals surface area contributed by atoms with Crippen LogP contribution in [0.3, 0.4) is 0 Å². The van der Waals surface area contributed by atoms with Crippen LogP contribution in [-0.2, 0) is 11.0 Å². The Morgan fingerprint density at radius 1 is 1.09 bits per heavy atom. The third-order valence-electron chi connectivity index (χ3n) is 5.32. The van der Waals surface area contributed by atoms with Gasteiger partial charge in [0.15, 0.2) is 0 Å². The van der Waals surface area contributed by atoms with Crippen molar-refractivity contribution in [2.75, 3.05) is 42.9 Å². The zero-order valence-electron chi connectivity index (χ0n) is 17.3. The van der Waals surface area contributed by atoms with Crippen LogP contribution in [0.2, 0.25) is 5.02 Å². The molecule has 0 saturated carbocycles. The van der Waals surface area contributed by atoms with Crippen molar-refractivity contribution in [3.8, 4) is 5.69 Å². The third kappa shape index (κ3) is 5.28. The number of para-hydroxylation sites is 1. The van der Waals surface area contributed by atoms with E-state index < -0.39 is 17.6 Å². The van der Waals surface area contributed by atoms with Crippen LogP contribution in [-0.4, -0.2) is 53.1 Å². The first kappa shape index (κ1) is 23.1. The van der Waals surface area contributed by atoms with Crippen LogP contribution >= 0.6 is 11.6 Å². The Balaban J connectivity index is 1.36. The summed E-state index contributed by atoms with van der Waals surface area (Å²) in [6, 6.07) is 9.20. The summed E-state index contributed by atoms with van der Waals surface area (Å²) >= 11 is 5.95. The smallest absolute Gasteiger partial charge is 0.339 e. The Bertz CT molecular complexity index is 1140. The molecule has 1 aliphatic rings. The van der Waals surface area contributed by atoms with Crippen LogP contribution in [0.1, 0.15) is 5.56 Å². The van der Waals surface area contributed by atoms with Crippen LogP contribution in [0.15, 0.2) is 54.9 Å². The van der Waals surface area contributed by atoms with Crippen molar-refractivity contribution in [3.05, 3.63) is 71.3 Å². The highest BCUT2D eigenvalue weighted by Gasteiger charge is 2.31. The molecule has 6 nitrogen and oxygen atoms in total. The van der Waals surface area contributed by atoms with Gasteiger partial charge in [0.25, 0.3) is 0 Å². The van der Waals surface area contributed by atoms with Crippen LogP contribution in [0.25, 0.3) is 5.69 Å². The van der Waals surface area contributed by atoms with Gasteiger partial charge in [-0.25, -0.2) is 9.37 Å². The average molecular weight is 482 g/mol. The lowest BCUT2D eigenvalue weighted by atomic mass is 10.2. The molecule has 4 rings (SSSR count). The first-order valence-corrected chi connectivity index (χ1v) is 10.5. The predicted molar refractivity (Wildman–Crippen MR) is 117 cm³/mol. The molecule has 2 aromatic carbocycles. The number of benzene rings is 2. The van der Waals surface area contributed by atoms with Gasteiger partial charge in [0.1, 0.15) is 5.82 Å². The van der Waals surface area contributed by atoms with Gasteiger partial charge in [-0.3, -0.25) is 14.3 Å². The molecule has 174 valence electrons. The number of nitrogens with zero attached hydrogens (tertiary/aromatic N) is 4. The number of anilines is 2. The third-order valence-corrected chi connectivity index (χ3v) is 5.65. The Hall–Kier alpha value is -3.11. The van der Waals surface area contributed by atoms with Gasteiger partial charge in [-0.2, -0.15) is 13.2 Å². The van der Waals surface area contributed by atoms with E-state index in [0.717, 1.165) is 18.2 Å². The van der Waals surface area contributed by atoms with Crippen molar-refractivity contribution in [1.29, 1.82) is 0 Å². The van der Waals surface area contributed by atoms with Gasteiger partial charge in [0.2, 0.25) is 11.9 Å². The summed E-state index contributed by atoms with van der Waals surface area (Å²) in [7, 11) is 0. The molecular weight excluding hydrogens is 462 g/mol. The summed E-state index contributed by atoms with van der Waals surface area (Å²) in [5, 5.41) is 2.49. The van der Waals surface area contributed by atoms with Crippen molar-refractivity contribution in [3.63, 3.8) is 0 Å². The van der Waals surface area contributed by atoms with E-state index >= 15 is 0 Å². The number of amides is 1. The fraction of sp³-hybridized carbons (Fsp3) is 0.273. The van der Waals surface area contributed by atoms with Crippen molar-refractivity contribution in [2.24, 2.45) is 0 Å². The van der Waals surface area contributed by atoms with E-state index in [4.69, 9.17) is 11.6 Å². The minimum atomic E-state index is -4.53. The molecule has 1 aromatic heterocycles. The Morgan fingerprint density at radius 2 is 1.82 bits per heavy atom. The van der Waals surface area contributed by atoms with E-state index in [1.807, 2.05) is 9.80 Å².